The number of carbonyl (C=O) groups excluding carboxylic acids is 2. The number of aryl methyl sites for hydroxylation is 1. The Hall–Kier alpha value is -3.09. The van der Waals surface area contributed by atoms with Crippen LogP contribution in [0.25, 0.3) is 0 Å². The summed E-state index contributed by atoms with van der Waals surface area (Å²) in [7, 11) is 3.16. The molecule has 0 radical (unpaired) electrons. The second-order valence-corrected chi connectivity index (χ2v) is 7.13. The lowest BCUT2D eigenvalue weighted by Crippen LogP contribution is -2.30. The Labute approximate surface area is 169 Å². The van der Waals surface area contributed by atoms with Crippen LogP contribution in [0, 0.1) is 18.7 Å². The zero-order chi connectivity index (χ0) is 21.0. The Morgan fingerprint density at radius 1 is 1.17 bits per heavy atom. The molecule has 3 rings (SSSR count). The van der Waals surface area contributed by atoms with Gasteiger partial charge in [-0.2, -0.15) is 0 Å². The molecule has 1 N–H and O–H groups in total. The monoisotopic (exact) mass is 400 g/mol. The second-order valence-electron chi connectivity index (χ2n) is 7.13. The smallest absolute Gasteiger partial charge is 0.229 e. The lowest BCUT2D eigenvalue weighted by molar-refractivity contribution is -0.128. The van der Waals surface area contributed by atoms with Gasteiger partial charge in [-0.15, -0.1) is 0 Å². The normalized spacial score (nSPS) is 16.1. The van der Waals surface area contributed by atoms with E-state index in [4.69, 9.17) is 9.47 Å². The number of hydrogen-bond acceptors (Lipinski definition) is 4. The van der Waals surface area contributed by atoms with Crippen molar-refractivity contribution in [2.45, 2.75) is 19.8 Å². The molecule has 0 aromatic heterocycles. The molecule has 1 heterocycles. The summed E-state index contributed by atoms with van der Waals surface area (Å²) < 4.78 is 23.8. The first-order valence-electron chi connectivity index (χ1n) is 9.47. The second kappa shape index (κ2) is 8.94. The number of rotatable bonds is 7. The van der Waals surface area contributed by atoms with Crippen LogP contribution >= 0.6 is 0 Å². The van der Waals surface area contributed by atoms with Gasteiger partial charge in [0, 0.05) is 25.2 Å². The van der Waals surface area contributed by atoms with Crippen LogP contribution in [0.3, 0.4) is 0 Å². The average Bonchev–Trinajstić information content (AvgIpc) is 3.09. The summed E-state index contributed by atoms with van der Waals surface area (Å²) in [6.45, 7) is 2.62. The van der Waals surface area contributed by atoms with Crippen molar-refractivity contribution in [3.8, 4) is 11.5 Å². The molecule has 1 atom stereocenters. The van der Waals surface area contributed by atoms with Crippen molar-refractivity contribution in [3.05, 3.63) is 53.3 Å². The summed E-state index contributed by atoms with van der Waals surface area (Å²) in [5.74, 6) is 0.268. The van der Waals surface area contributed by atoms with Crippen LogP contribution in [0.5, 0.6) is 11.5 Å². The van der Waals surface area contributed by atoms with E-state index >= 15 is 0 Å². The molecule has 1 saturated heterocycles. The maximum Gasteiger partial charge on any atom is 0.229 e. The first-order valence-corrected chi connectivity index (χ1v) is 9.47. The number of nitrogens with zero attached hydrogens (tertiary/aromatic N) is 1. The van der Waals surface area contributed by atoms with Gasteiger partial charge in [-0.25, -0.2) is 4.39 Å². The Morgan fingerprint density at radius 2 is 1.93 bits per heavy atom. The average molecular weight is 400 g/mol. The molecule has 0 saturated carbocycles. The molecule has 6 nitrogen and oxygen atoms in total. The number of anilines is 1. The SMILES string of the molecule is COc1ccc(CCN2C[C@H](C(=O)Nc3ccc(F)cc3C)CC2=O)cc1OC. The van der Waals surface area contributed by atoms with Gasteiger partial charge in [-0.05, 0) is 54.8 Å². The number of carbonyl (C=O) groups is 2. The molecule has 0 bridgehead atoms. The van der Waals surface area contributed by atoms with E-state index in [0.29, 0.717) is 42.3 Å². The van der Waals surface area contributed by atoms with Crippen molar-refractivity contribution in [1.82, 2.24) is 4.90 Å². The third-order valence-corrected chi connectivity index (χ3v) is 5.15. The van der Waals surface area contributed by atoms with Crippen molar-refractivity contribution in [1.29, 1.82) is 0 Å². The minimum absolute atomic E-state index is 0.0403. The van der Waals surface area contributed by atoms with Crippen molar-refractivity contribution in [2.24, 2.45) is 5.92 Å². The van der Waals surface area contributed by atoms with E-state index in [2.05, 4.69) is 5.32 Å². The molecule has 7 heteroatoms. The fraction of sp³-hybridized carbons (Fsp3) is 0.364. The lowest BCUT2D eigenvalue weighted by Gasteiger charge is -2.17. The highest BCUT2D eigenvalue weighted by Gasteiger charge is 2.34. The molecular weight excluding hydrogens is 375 g/mol. The molecule has 0 aliphatic carbocycles. The lowest BCUT2D eigenvalue weighted by atomic mass is 10.1. The highest BCUT2D eigenvalue weighted by molar-refractivity contribution is 5.97. The molecular formula is C22H25FN2O4. The van der Waals surface area contributed by atoms with Gasteiger partial charge in [-0.3, -0.25) is 9.59 Å². The summed E-state index contributed by atoms with van der Waals surface area (Å²) in [4.78, 5) is 26.6. The Bertz CT molecular complexity index is 916. The van der Waals surface area contributed by atoms with Gasteiger partial charge >= 0.3 is 0 Å². The molecule has 1 fully saturated rings. The van der Waals surface area contributed by atoms with Gasteiger partial charge in [0.1, 0.15) is 5.82 Å². The first kappa shape index (κ1) is 20.6. The summed E-state index contributed by atoms with van der Waals surface area (Å²) in [6.07, 6.45) is 0.829. The van der Waals surface area contributed by atoms with Crippen LogP contribution in [-0.4, -0.2) is 44.0 Å². The first-order chi connectivity index (χ1) is 13.9. The molecule has 154 valence electrons. The van der Waals surface area contributed by atoms with E-state index in [1.54, 1.807) is 26.0 Å². The van der Waals surface area contributed by atoms with E-state index in [1.807, 2.05) is 18.2 Å². The van der Waals surface area contributed by atoms with Crippen molar-refractivity contribution in [3.63, 3.8) is 0 Å². The highest BCUT2D eigenvalue weighted by atomic mass is 19.1. The zero-order valence-electron chi connectivity index (χ0n) is 16.8. The van der Waals surface area contributed by atoms with Gasteiger partial charge < -0.3 is 19.7 Å². The topological polar surface area (TPSA) is 67.9 Å². The summed E-state index contributed by atoms with van der Waals surface area (Å²) in [5, 5.41) is 2.81. The number of amides is 2. The molecule has 2 aromatic carbocycles. The van der Waals surface area contributed by atoms with E-state index in [9.17, 15) is 14.0 Å². The van der Waals surface area contributed by atoms with E-state index in [1.165, 1.54) is 18.2 Å². The fourth-order valence-electron chi connectivity index (χ4n) is 3.47. The Kier molecular flexibility index (Phi) is 6.36. The predicted octanol–water partition coefficient (Wildman–Crippen LogP) is 3.18. The van der Waals surface area contributed by atoms with Crippen LogP contribution in [0.15, 0.2) is 36.4 Å². The number of benzene rings is 2. The van der Waals surface area contributed by atoms with E-state index in [0.717, 1.165) is 5.56 Å². The number of likely N-dealkylation sites (tertiary alicyclic amines) is 1. The summed E-state index contributed by atoms with van der Waals surface area (Å²) in [6, 6.07) is 9.86. The van der Waals surface area contributed by atoms with Gasteiger partial charge in [0.15, 0.2) is 11.5 Å². The number of nitrogens with one attached hydrogen (secondary N) is 1. The van der Waals surface area contributed by atoms with E-state index in [-0.39, 0.29) is 24.1 Å². The number of halogens is 1. The van der Waals surface area contributed by atoms with Gasteiger partial charge in [-0.1, -0.05) is 6.07 Å². The highest BCUT2D eigenvalue weighted by Crippen LogP contribution is 2.28. The largest absolute Gasteiger partial charge is 0.493 e. The maximum absolute atomic E-state index is 13.2. The summed E-state index contributed by atoms with van der Waals surface area (Å²) in [5.41, 5.74) is 2.23. The van der Waals surface area contributed by atoms with Crippen LogP contribution < -0.4 is 14.8 Å². The third kappa shape index (κ3) is 4.85. The molecule has 1 aliphatic rings. The predicted molar refractivity (Wildman–Crippen MR) is 108 cm³/mol. The van der Waals surface area contributed by atoms with Crippen molar-refractivity contribution in [2.75, 3.05) is 32.6 Å². The molecule has 0 spiro atoms. The minimum Gasteiger partial charge on any atom is -0.493 e. The van der Waals surface area contributed by atoms with Gasteiger partial charge in [0.25, 0.3) is 0 Å². The standard InChI is InChI=1S/C22H25FN2O4/c1-14-10-17(23)5-6-18(14)24-22(27)16-12-21(26)25(13-16)9-8-15-4-7-19(28-2)20(11-15)29-3/h4-7,10-11,16H,8-9,12-13H2,1-3H3,(H,24,27)/t16-/m1/s1. The van der Waals surface area contributed by atoms with E-state index < -0.39 is 5.92 Å². The quantitative estimate of drug-likeness (QED) is 0.775. The number of methoxy groups -OCH3 is 2. The van der Waals surface area contributed by atoms with Gasteiger partial charge in [0.2, 0.25) is 11.8 Å². The molecule has 0 unspecified atom stereocenters. The number of ether oxygens (including phenoxy) is 2. The zero-order valence-corrected chi connectivity index (χ0v) is 16.8. The minimum atomic E-state index is -0.419. The van der Waals surface area contributed by atoms with Crippen LogP contribution in [-0.2, 0) is 16.0 Å². The summed E-state index contributed by atoms with van der Waals surface area (Å²) >= 11 is 0. The van der Waals surface area contributed by atoms with Gasteiger partial charge in [0.05, 0.1) is 20.1 Å². The molecule has 2 amide bonds. The van der Waals surface area contributed by atoms with Crippen LogP contribution in [0.2, 0.25) is 0 Å². The Balaban J connectivity index is 1.58. The fourth-order valence-corrected chi connectivity index (χ4v) is 3.47. The number of hydrogen-bond donors (Lipinski definition) is 1. The molecule has 29 heavy (non-hydrogen) atoms. The molecule has 1 aliphatic heterocycles. The van der Waals surface area contributed by atoms with Crippen molar-refractivity contribution >= 4 is 17.5 Å². The molecule has 2 aromatic rings. The van der Waals surface area contributed by atoms with Crippen LogP contribution in [0.4, 0.5) is 10.1 Å². The van der Waals surface area contributed by atoms with Crippen LogP contribution in [0.1, 0.15) is 17.5 Å². The van der Waals surface area contributed by atoms with Crippen molar-refractivity contribution < 1.29 is 23.5 Å². The maximum atomic E-state index is 13.2. The third-order valence-electron chi connectivity index (χ3n) is 5.15. The Morgan fingerprint density at radius 3 is 2.62 bits per heavy atom.